The standard InChI is InChI=1S/C16H20N4O2/c1-16(2)15(22)20(11-14(21)19(3)10-6-9-17)13-8-5-4-7-12(13)18-16/h4-5,7-8,18H,6,10-11H2,1-3H3. The maximum atomic E-state index is 12.6. The van der Waals surface area contributed by atoms with Crippen LogP contribution in [0.25, 0.3) is 0 Å². The van der Waals surface area contributed by atoms with Crippen molar-refractivity contribution in [2.24, 2.45) is 0 Å². The van der Waals surface area contributed by atoms with Gasteiger partial charge >= 0.3 is 0 Å². The molecule has 1 N–H and O–H groups in total. The van der Waals surface area contributed by atoms with Crippen molar-refractivity contribution in [1.82, 2.24) is 4.90 Å². The van der Waals surface area contributed by atoms with Crippen LogP contribution in [0, 0.1) is 11.3 Å². The Morgan fingerprint density at radius 2 is 2.09 bits per heavy atom. The lowest BCUT2D eigenvalue weighted by Gasteiger charge is -2.40. The highest BCUT2D eigenvalue weighted by Gasteiger charge is 2.39. The Morgan fingerprint density at radius 3 is 2.77 bits per heavy atom. The molecule has 0 radical (unpaired) electrons. The van der Waals surface area contributed by atoms with Crippen LogP contribution in [0.1, 0.15) is 20.3 Å². The van der Waals surface area contributed by atoms with E-state index in [1.807, 2.05) is 30.3 Å². The van der Waals surface area contributed by atoms with E-state index in [-0.39, 0.29) is 24.8 Å². The zero-order chi connectivity index (χ0) is 16.3. The van der Waals surface area contributed by atoms with Gasteiger partial charge in [-0.1, -0.05) is 12.1 Å². The smallest absolute Gasteiger partial charge is 0.252 e. The van der Waals surface area contributed by atoms with Crippen LogP contribution in [0.5, 0.6) is 0 Å². The van der Waals surface area contributed by atoms with Crippen molar-refractivity contribution < 1.29 is 9.59 Å². The highest BCUT2D eigenvalue weighted by molar-refractivity contribution is 6.09. The Labute approximate surface area is 130 Å². The Balaban J connectivity index is 2.24. The number of nitrogens with one attached hydrogen (secondary N) is 1. The summed E-state index contributed by atoms with van der Waals surface area (Å²) in [7, 11) is 1.64. The molecule has 0 aromatic heterocycles. The van der Waals surface area contributed by atoms with Crippen molar-refractivity contribution in [2.75, 3.05) is 30.4 Å². The predicted octanol–water partition coefficient (Wildman–Crippen LogP) is 1.60. The molecule has 0 spiro atoms. The van der Waals surface area contributed by atoms with E-state index in [0.717, 1.165) is 5.69 Å². The third-order valence-corrected chi connectivity index (χ3v) is 3.70. The molecule has 6 nitrogen and oxygen atoms in total. The second kappa shape index (κ2) is 6.06. The third-order valence-electron chi connectivity index (χ3n) is 3.70. The molecule has 1 heterocycles. The van der Waals surface area contributed by atoms with Crippen molar-refractivity contribution in [3.8, 4) is 6.07 Å². The van der Waals surface area contributed by atoms with Crippen molar-refractivity contribution in [2.45, 2.75) is 25.8 Å². The SMILES string of the molecule is CN(CCC#N)C(=O)CN1C(=O)C(C)(C)Nc2ccccc21. The van der Waals surface area contributed by atoms with Crippen LogP contribution in [0.2, 0.25) is 0 Å². The van der Waals surface area contributed by atoms with Crippen molar-refractivity contribution in [3.05, 3.63) is 24.3 Å². The average molecular weight is 300 g/mol. The summed E-state index contributed by atoms with van der Waals surface area (Å²) in [5, 5.41) is 11.8. The van der Waals surface area contributed by atoms with Crippen LogP contribution in [-0.4, -0.2) is 42.4 Å². The predicted molar refractivity (Wildman–Crippen MR) is 84.4 cm³/mol. The zero-order valence-corrected chi connectivity index (χ0v) is 13.1. The van der Waals surface area contributed by atoms with Gasteiger partial charge in [0.05, 0.1) is 23.9 Å². The van der Waals surface area contributed by atoms with Gasteiger partial charge in [0.2, 0.25) is 5.91 Å². The van der Waals surface area contributed by atoms with Gasteiger partial charge in [0, 0.05) is 13.6 Å². The molecule has 0 bridgehead atoms. The number of likely N-dealkylation sites (N-methyl/N-ethyl adjacent to an activating group) is 1. The minimum Gasteiger partial charge on any atom is -0.370 e. The number of anilines is 2. The van der Waals surface area contributed by atoms with E-state index in [4.69, 9.17) is 5.26 Å². The molecule has 0 saturated carbocycles. The van der Waals surface area contributed by atoms with Crippen LogP contribution >= 0.6 is 0 Å². The van der Waals surface area contributed by atoms with E-state index in [0.29, 0.717) is 12.2 Å². The van der Waals surface area contributed by atoms with Gasteiger partial charge in [-0.2, -0.15) is 5.26 Å². The maximum absolute atomic E-state index is 12.6. The lowest BCUT2D eigenvalue weighted by molar-refractivity contribution is -0.131. The average Bonchev–Trinajstić information content (AvgIpc) is 2.48. The minimum atomic E-state index is -0.764. The topological polar surface area (TPSA) is 76.4 Å². The van der Waals surface area contributed by atoms with E-state index in [1.54, 1.807) is 20.9 Å². The second-order valence-electron chi connectivity index (χ2n) is 5.88. The normalized spacial score (nSPS) is 15.5. The number of hydrogen-bond donors (Lipinski definition) is 1. The number of carbonyl (C=O) groups is 2. The Kier molecular flexibility index (Phi) is 4.36. The van der Waals surface area contributed by atoms with Crippen molar-refractivity contribution in [3.63, 3.8) is 0 Å². The fourth-order valence-corrected chi connectivity index (χ4v) is 2.41. The monoisotopic (exact) mass is 300 g/mol. The molecule has 0 saturated heterocycles. The summed E-state index contributed by atoms with van der Waals surface area (Å²) < 4.78 is 0. The largest absolute Gasteiger partial charge is 0.370 e. The van der Waals surface area contributed by atoms with Gasteiger partial charge in [0.1, 0.15) is 12.1 Å². The molecular formula is C16H20N4O2. The molecule has 116 valence electrons. The fourth-order valence-electron chi connectivity index (χ4n) is 2.41. The Bertz CT molecular complexity index is 633. The van der Waals surface area contributed by atoms with Gasteiger partial charge in [0.25, 0.3) is 5.91 Å². The van der Waals surface area contributed by atoms with Gasteiger partial charge < -0.3 is 10.2 Å². The van der Waals surface area contributed by atoms with Crippen LogP contribution in [0.4, 0.5) is 11.4 Å². The van der Waals surface area contributed by atoms with Crippen LogP contribution in [0.15, 0.2) is 24.3 Å². The summed E-state index contributed by atoms with van der Waals surface area (Å²) in [6.07, 6.45) is 0.278. The van der Waals surface area contributed by atoms with Gasteiger partial charge in [-0.05, 0) is 26.0 Å². The number of nitrogens with zero attached hydrogens (tertiary/aromatic N) is 3. The molecule has 6 heteroatoms. The third kappa shape index (κ3) is 3.03. The van der Waals surface area contributed by atoms with E-state index in [9.17, 15) is 9.59 Å². The van der Waals surface area contributed by atoms with Gasteiger partial charge in [-0.3, -0.25) is 14.5 Å². The Hall–Kier alpha value is -2.55. The molecule has 0 fully saturated rings. The van der Waals surface area contributed by atoms with Gasteiger partial charge in [-0.15, -0.1) is 0 Å². The first-order valence-electron chi connectivity index (χ1n) is 7.17. The molecule has 1 aliphatic heterocycles. The number of fused-ring (bicyclic) bond motifs is 1. The number of rotatable bonds is 4. The molecule has 2 amide bonds. The summed E-state index contributed by atoms with van der Waals surface area (Å²) >= 11 is 0. The number of nitriles is 1. The van der Waals surface area contributed by atoms with Crippen molar-refractivity contribution >= 4 is 23.2 Å². The van der Waals surface area contributed by atoms with Gasteiger partial charge in [0.15, 0.2) is 0 Å². The van der Waals surface area contributed by atoms with E-state index >= 15 is 0 Å². The molecule has 1 aliphatic rings. The molecule has 1 aromatic carbocycles. The fraction of sp³-hybridized carbons (Fsp3) is 0.438. The molecule has 2 rings (SSSR count). The number of carbonyl (C=O) groups excluding carboxylic acids is 2. The molecule has 22 heavy (non-hydrogen) atoms. The van der Waals surface area contributed by atoms with Crippen LogP contribution < -0.4 is 10.2 Å². The van der Waals surface area contributed by atoms with E-state index in [2.05, 4.69) is 5.32 Å². The molecular weight excluding hydrogens is 280 g/mol. The molecule has 0 atom stereocenters. The number of para-hydroxylation sites is 2. The molecule has 0 aliphatic carbocycles. The first-order valence-corrected chi connectivity index (χ1v) is 7.17. The maximum Gasteiger partial charge on any atom is 0.252 e. The number of hydrogen-bond acceptors (Lipinski definition) is 4. The van der Waals surface area contributed by atoms with Crippen LogP contribution in [0.3, 0.4) is 0 Å². The summed E-state index contributed by atoms with van der Waals surface area (Å²) in [5.74, 6) is -0.329. The number of benzene rings is 1. The van der Waals surface area contributed by atoms with E-state index < -0.39 is 5.54 Å². The quantitative estimate of drug-likeness (QED) is 0.916. The summed E-state index contributed by atoms with van der Waals surface area (Å²) in [6.45, 7) is 3.92. The second-order valence-corrected chi connectivity index (χ2v) is 5.88. The Morgan fingerprint density at radius 1 is 1.41 bits per heavy atom. The zero-order valence-electron chi connectivity index (χ0n) is 13.1. The van der Waals surface area contributed by atoms with Gasteiger partial charge in [-0.25, -0.2) is 0 Å². The summed E-state index contributed by atoms with van der Waals surface area (Å²) in [5.41, 5.74) is 0.772. The van der Waals surface area contributed by atoms with Crippen molar-refractivity contribution in [1.29, 1.82) is 5.26 Å². The number of amides is 2. The lowest BCUT2D eigenvalue weighted by atomic mass is 9.98. The molecule has 0 unspecified atom stereocenters. The van der Waals surface area contributed by atoms with E-state index in [1.165, 1.54) is 9.80 Å². The first-order chi connectivity index (χ1) is 10.4. The first kappa shape index (κ1) is 15.8. The molecule has 1 aromatic rings. The summed E-state index contributed by atoms with van der Waals surface area (Å²) in [4.78, 5) is 27.9. The summed E-state index contributed by atoms with van der Waals surface area (Å²) in [6, 6.07) is 9.44. The minimum absolute atomic E-state index is 0.0249. The van der Waals surface area contributed by atoms with Crippen LogP contribution in [-0.2, 0) is 9.59 Å². The highest BCUT2D eigenvalue weighted by atomic mass is 16.2. The highest BCUT2D eigenvalue weighted by Crippen LogP contribution is 2.34. The lowest BCUT2D eigenvalue weighted by Crippen LogP contribution is -2.56.